The van der Waals surface area contributed by atoms with Crippen molar-refractivity contribution in [2.45, 2.75) is 24.9 Å². The third-order valence-corrected chi connectivity index (χ3v) is 6.44. The van der Waals surface area contributed by atoms with Crippen molar-refractivity contribution in [1.29, 1.82) is 0 Å². The van der Waals surface area contributed by atoms with Gasteiger partial charge in [-0.3, -0.25) is 14.2 Å². The Hall–Kier alpha value is -3.91. The van der Waals surface area contributed by atoms with E-state index in [0.717, 1.165) is 17.3 Å². The molecular weight excluding hydrogens is 462 g/mol. The Morgan fingerprint density at radius 2 is 1.69 bits per heavy atom. The van der Waals surface area contributed by atoms with Gasteiger partial charge in [-0.15, -0.1) is 0 Å². The molecule has 1 heterocycles. The molecule has 0 saturated carbocycles. The molecule has 1 amide bonds. The number of aromatic nitrogens is 2. The summed E-state index contributed by atoms with van der Waals surface area (Å²) in [7, 11) is 1.29. The van der Waals surface area contributed by atoms with Gasteiger partial charge in [-0.25, -0.2) is 9.78 Å². The van der Waals surface area contributed by atoms with Crippen molar-refractivity contribution in [2.75, 3.05) is 18.2 Å². The van der Waals surface area contributed by atoms with E-state index in [9.17, 15) is 14.4 Å². The van der Waals surface area contributed by atoms with Gasteiger partial charge in [0.25, 0.3) is 5.56 Å². The predicted molar refractivity (Wildman–Crippen MR) is 139 cm³/mol. The molecule has 0 unspecified atom stereocenters. The fourth-order valence-electron chi connectivity index (χ4n) is 3.64. The van der Waals surface area contributed by atoms with E-state index in [1.807, 2.05) is 30.3 Å². The van der Waals surface area contributed by atoms with Crippen LogP contribution in [0.4, 0.5) is 5.69 Å². The highest BCUT2D eigenvalue weighted by atomic mass is 32.2. The summed E-state index contributed by atoms with van der Waals surface area (Å²) in [6, 6.07) is 21.5. The number of para-hydroxylation sites is 2. The average molecular weight is 488 g/mol. The fourth-order valence-corrected chi connectivity index (χ4v) is 4.45. The number of hydrogen-bond acceptors (Lipinski definition) is 6. The number of rotatable bonds is 7. The molecule has 35 heavy (non-hydrogen) atoms. The van der Waals surface area contributed by atoms with Crippen molar-refractivity contribution in [2.24, 2.45) is 0 Å². The number of hydrogen-bond donors (Lipinski definition) is 1. The van der Waals surface area contributed by atoms with Crippen LogP contribution in [0.5, 0.6) is 0 Å². The highest BCUT2D eigenvalue weighted by Crippen LogP contribution is 2.24. The van der Waals surface area contributed by atoms with Gasteiger partial charge in [-0.2, -0.15) is 0 Å². The standard InChI is InChI=1S/C27H25N3O4S/c1-17(2)18-12-14-19(15-13-18)30-25(32)20-8-4-6-10-22(20)29-27(30)35-16-24(31)28-23-11-7-5-9-21(23)26(33)34-3/h4-15,17H,16H2,1-3H3,(H,28,31). The summed E-state index contributed by atoms with van der Waals surface area (Å²) in [5, 5.41) is 3.66. The van der Waals surface area contributed by atoms with Crippen LogP contribution in [0.15, 0.2) is 82.7 Å². The van der Waals surface area contributed by atoms with E-state index in [1.54, 1.807) is 42.5 Å². The lowest BCUT2D eigenvalue weighted by Gasteiger charge is -2.14. The van der Waals surface area contributed by atoms with E-state index in [2.05, 4.69) is 24.1 Å². The molecule has 4 aromatic rings. The lowest BCUT2D eigenvalue weighted by atomic mass is 10.0. The molecule has 0 spiro atoms. The monoisotopic (exact) mass is 487 g/mol. The number of anilines is 1. The first kappa shape index (κ1) is 24.2. The Kier molecular flexibility index (Phi) is 7.31. The number of nitrogens with one attached hydrogen (secondary N) is 1. The quantitative estimate of drug-likeness (QED) is 0.223. The summed E-state index contributed by atoms with van der Waals surface area (Å²) in [5.41, 5.74) is 2.82. The number of benzene rings is 3. The number of ether oxygens (including phenoxy) is 1. The molecule has 0 atom stereocenters. The van der Waals surface area contributed by atoms with Crippen molar-refractivity contribution in [3.8, 4) is 5.69 Å². The number of carbonyl (C=O) groups excluding carboxylic acids is 2. The van der Waals surface area contributed by atoms with Crippen LogP contribution in [0.1, 0.15) is 35.7 Å². The zero-order valence-corrected chi connectivity index (χ0v) is 20.5. The van der Waals surface area contributed by atoms with Crippen LogP contribution in [-0.4, -0.2) is 34.3 Å². The number of methoxy groups -OCH3 is 1. The molecule has 7 nitrogen and oxygen atoms in total. The summed E-state index contributed by atoms with van der Waals surface area (Å²) in [6.07, 6.45) is 0. The smallest absolute Gasteiger partial charge is 0.339 e. The Balaban J connectivity index is 1.65. The second-order valence-corrected chi connectivity index (χ2v) is 9.11. The Labute approximate surface area is 207 Å². The topological polar surface area (TPSA) is 90.3 Å². The van der Waals surface area contributed by atoms with E-state index in [1.165, 1.54) is 11.7 Å². The summed E-state index contributed by atoms with van der Waals surface area (Å²) < 4.78 is 6.32. The fraction of sp³-hybridized carbons (Fsp3) is 0.185. The molecular formula is C27H25N3O4S. The van der Waals surface area contributed by atoms with Gasteiger partial charge in [0, 0.05) is 0 Å². The van der Waals surface area contributed by atoms with Crippen LogP contribution in [0.2, 0.25) is 0 Å². The molecule has 8 heteroatoms. The zero-order valence-electron chi connectivity index (χ0n) is 19.6. The maximum atomic E-state index is 13.4. The van der Waals surface area contributed by atoms with Crippen LogP contribution in [0.25, 0.3) is 16.6 Å². The second-order valence-electron chi connectivity index (χ2n) is 8.17. The van der Waals surface area contributed by atoms with Crippen LogP contribution in [0.3, 0.4) is 0 Å². The molecule has 3 aromatic carbocycles. The van der Waals surface area contributed by atoms with E-state index in [0.29, 0.717) is 33.4 Å². The van der Waals surface area contributed by atoms with Gasteiger partial charge in [0.2, 0.25) is 5.91 Å². The van der Waals surface area contributed by atoms with Gasteiger partial charge in [-0.05, 0) is 47.9 Å². The van der Waals surface area contributed by atoms with Gasteiger partial charge >= 0.3 is 5.97 Å². The molecule has 0 aliphatic carbocycles. The first-order valence-electron chi connectivity index (χ1n) is 11.1. The third kappa shape index (κ3) is 5.27. The maximum absolute atomic E-state index is 13.4. The van der Waals surface area contributed by atoms with Crippen molar-refractivity contribution >= 4 is 40.2 Å². The Bertz CT molecular complexity index is 1450. The molecule has 0 bridgehead atoms. The Morgan fingerprint density at radius 3 is 2.40 bits per heavy atom. The number of thioether (sulfide) groups is 1. The molecule has 0 fully saturated rings. The molecule has 1 aromatic heterocycles. The molecule has 4 rings (SSSR count). The van der Waals surface area contributed by atoms with E-state index in [4.69, 9.17) is 4.74 Å². The first-order valence-corrected chi connectivity index (χ1v) is 12.1. The van der Waals surface area contributed by atoms with E-state index < -0.39 is 5.97 Å². The summed E-state index contributed by atoms with van der Waals surface area (Å²) in [5.74, 6) is -0.524. The number of nitrogens with zero attached hydrogens (tertiary/aromatic N) is 2. The Morgan fingerprint density at radius 1 is 1.00 bits per heavy atom. The lowest BCUT2D eigenvalue weighted by molar-refractivity contribution is -0.113. The maximum Gasteiger partial charge on any atom is 0.339 e. The first-order chi connectivity index (χ1) is 16.9. The molecule has 178 valence electrons. The largest absolute Gasteiger partial charge is 0.465 e. The second kappa shape index (κ2) is 10.6. The molecule has 0 aliphatic heterocycles. The molecule has 0 saturated heterocycles. The highest BCUT2D eigenvalue weighted by Gasteiger charge is 2.17. The average Bonchev–Trinajstić information content (AvgIpc) is 2.87. The molecule has 1 N–H and O–H groups in total. The van der Waals surface area contributed by atoms with Crippen LogP contribution < -0.4 is 10.9 Å². The van der Waals surface area contributed by atoms with Crippen LogP contribution >= 0.6 is 11.8 Å². The van der Waals surface area contributed by atoms with Gasteiger partial charge in [0.05, 0.1) is 40.7 Å². The third-order valence-electron chi connectivity index (χ3n) is 5.50. The van der Waals surface area contributed by atoms with Crippen LogP contribution in [-0.2, 0) is 9.53 Å². The van der Waals surface area contributed by atoms with Crippen molar-refractivity contribution < 1.29 is 14.3 Å². The number of esters is 1. The minimum atomic E-state index is -0.538. The van der Waals surface area contributed by atoms with E-state index in [-0.39, 0.29) is 22.8 Å². The van der Waals surface area contributed by atoms with Gasteiger partial charge < -0.3 is 10.1 Å². The molecule has 0 radical (unpaired) electrons. The summed E-state index contributed by atoms with van der Waals surface area (Å²) >= 11 is 1.15. The number of amides is 1. The molecule has 0 aliphatic rings. The van der Waals surface area contributed by atoms with Gasteiger partial charge in [0.1, 0.15) is 0 Å². The minimum Gasteiger partial charge on any atom is -0.465 e. The summed E-state index contributed by atoms with van der Waals surface area (Å²) in [6.45, 7) is 4.22. The zero-order chi connectivity index (χ0) is 24.9. The van der Waals surface area contributed by atoms with E-state index >= 15 is 0 Å². The highest BCUT2D eigenvalue weighted by molar-refractivity contribution is 7.99. The number of fused-ring (bicyclic) bond motifs is 1. The minimum absolute atomic E-state index is 0.00956. The van der Waals surface area contributed by atoms with Crippen molar-refractivity contribution in [3.05, 3.63) is 94.3 Å². The van der Waals surface area contributed by atoms with Crippen molar-refractivity contribution in [3.63, 3.8) is 0 Å². The predicted octanol–water partition coefficient (Wildman–Crippen LogP) is 5.03. The normalized spacial score (nSPS) is 11.0. The van der Waals surface area contributed by atoms with Crippen LogP contribution in [0, 0.1) is 0 Å². The SMILES string of the molecule is COC(=O)c1ccccc1NC(=O)CSc1nc2ccccc2c(=O)n1-c1ccc(C(C)C)cc1. The number of carbonyl (C=O) groups is 2. The van der Waals surface area contributed by atoms with Gasteiger partial charge in [-0.1, -0.05) is 62.0 Å². The van der Waals surface area contributed by atoms with Crippen molar-refractivity contribution in [1.82, 2.24) is 9.55 Å². The van der Waals surface area contributed by atoms with Gasteiger partial charge in [0.15, 0.2) is 5.16 Å². The lowest BCUT2D eigenvalue weighted by Crippen LogP contribution is -2.23. The summed E-state index contributed by atoms with van der Waals surface area (Å²) in [4.78, 5) is 42.9.